The Hall–Kier alpha value is -3.06. The van der Waals surface area contributed by atoms with Crippen LogP contribution in [0.5, 0.6) is 0 Å². The lowest BCUT2D eigenvalue weighted by molar-refractivity contribution is -0.111. The number of rotatable bonds is 8. The highest BCUT2D eigenvalue weighted by Gasteiger charge is 2.22. The molecule has 1 aliphatic heterocycles. The molecule has 0 bridgehead atoms. The van der Waals surface area contributed by atoms with Crippen molar-refractivity contribution in [2.75, 3.05) is 49.5 Å². The van der Waals surface area contributed by atoms with E-state index in [1.807, 2.05) is 32.9 Å². The minimum absolute atomic E-state index is 0.240. The lowest BCUT2D eigenvalue weighted by Gasteiger charge is -2.35. The number of benzene rings is 1. The number of nitrogens with zero attached hydrogens (tertiary/aromatic N) is 3. The van der Waals surface area contributed by atoms with Gasteiger partial charge in [-0.05, 0) is 64.6 Å². The summed E-state index contributed by atoms with van der Waals surface area (Å²) in [5.41, 5.74) is 4.95. The lowest BCUT2D eigenvalue weighted by Crippen LogP contribution is -2.46. The Balaban J connectivity index is 1.69. The van der Waals surface area contributed by atoms with E-state index >= 15 is 0 Å². The first kappa shape index (κ1) is 24.6. The second-order valence-electron chi connectivity index (χ2n) is 8.21. The molecule has 3 rings (SSSR count). The van der Waals surface area contributed by atoms with Crippen molar-refractivity contribution in [2.45, 2.75) is 41.2 Å². The highest BCUT2D eigenvalue weighted by Crippen LogP contribution is 2.25. The van der Waals surface area contributed by atoms with Crippen LogP contribution in [0, 0.1) is 13.8 Å². The Morgan fingerprint density at radius 2 is 1.64 bits per heavy atom. The van der Waals surface area contributed by atoms with Gasteiger partial charge in [0, 0.05) is 67.1 Å². The molecule has 0 radical (unpaired) electrons. The van der Waals surface area contributed by atoms with Gasteiger partial charge in [0.15, 0.2) is 0 Å². The summed E-state index contributed by atoms with van der Waals surface area (Å²) in [6.07, 6.45) is 3.18. The monoisotopic (exact) mass is 452 g/mol. The predicted molar refractivity (Wildman–Crippen MR) is 134 cm³/mol. The summed E-state index contributed by atoms with van der Waals surface area (Å²) in [6, 6.07) is 7.96. The first-order valence-corrected chi connectivity index (χ1v) is 11.8. The smallest absolute Gasteiger partial charge is 0.340 e. The highest BCUT2D eigenvalue weighted by molar-refractivity contribution is 6.04. The van der Waals surface area contributed by atoms with E-state index in [1.54, 1.807) is 13.0 Å². The van der Waals surface area contributed by atoms with Crippen molar-refractivity contribution < 1.29 is 14.3 Å². The summed E-state index contributed by atoms with van der Waals surface area (Å²) < 4.78 is 7.30. The molecule has 1 amide bonds. The molecule has 33 heavy (non-hydrogen) atoms. The van der Waals surface area contributed by atoms with E-state index in [4.69, 9.17) is 4.74 Å². The average molecular weight is 453 g/mol. The number of amides is 1. The van der Waals surface area contributed by atoms with Crippen molar-refractivity contribution in [2.24, 2.45) is 0 Å². The molecular formula is C26H36N4O3. The van der Waals surface area contributed by atoms with Crippen molar-refractivity contribution in [1.82, 2.24) is 9.47 Å². The molecule has 1 saturated heterocycles. The van der Waals surface area contributed by atoms with E-state index in [2.05, 4.69) is 38.7 Å². The number of ether oxygens (including phenoxy) is 1. The zero-order chi connectivity index (χ0) is 24.0. The van der Waals surface area contributed by atoms with Crippen molar-refractivity contribution in [1.29, 1.82) is 0 Å². The standard InChI is InChI=1S/C26H36N4O3/c1-6-28-15-17-29(18-16-28)22-11-9-21(10-12-22)27-24(31)14-13-23-19(4)30(7-2)20(5)25(23)26(32)33-8-3/h9-14H,6-8,15-18H2,1-5H3,(H,27,31)/b14-13+. The Bertz CT molecular complexity index is 1000. The largest absolute Gasteiger partial charge is 0.462 e. The minimum Gasteiger partial charge on any atom is -0.462 e. The molecule has 1 aromatic carbocycles. The van der Waals surface area contributed by atoms with Crippen molar-refractivity contribution >= 4 is 29.3 Å². The zero-order valence-electron chi connectivity index (χ0n) is 20.5. The summed E-state index contributed by atoms with van der Waals surface area (Å²) in [4.78, 5) is 29.9. The summed E-state index contributed by atoms with van der Waals surface area (Å²) in [7, 11) is 0. The van der Waals surface area contributed by atoms with Gasteiger partial charge in [-0.3, -0.25) is 4.79 Å². The van der Waals surface area contributed by atoms with Crippen LogP contribution in [0.3, 0.4) is 0 Å². The Labute approximate surface area is 197 Å². The van der Waals surface area contributed by atoms with Crippen LogP contribution in [-0.4, -0.2) is 60.7 Å². The highest BCUT2D eigenvalue weighted by atomic mass is 16.5. The van der Waals surface area contributed by atoms with Gasteiger partial charge in [0.25, 0.3) is 0 Å². The fraction of sp³-hybridized carbons (Fsp3) is 0.462. The van der Waals surface area contributed by atoms with E-state index in [-0.39, 0.29) is 11.9 Å². The molecule has 1 N–H and O–H groups in total. The van der Waals surface area contributed by atoms with E-state index in [0.29, 0.717) is 12.2 Å². The van der Waals surface area contributed by atoms with Crippen LogP contribution in [0.25, 0.3) is 6.08 Å². The van der Waals surface area contributed by atoms with Crippen LogP contribution in [0.2, 0.25) is 0 Å². The maximum Gasteiger partial charge on any atom is 0.340 e. The third-order valence-corrected chi connectivity index (χ3v) is 6.35. The van der Waals surface area contributed by atoms with Crippen LogP contribution in [0.15, 0.2) is 30.3 Å². The summed E-state index contributed by atoms with van der Waals surface area (Å²) in [6.45, 7) is 16.2. The summed E-state index contributed by atoms with van der Waals surface area (Å²) >= 11 is 0. The number of aromatic nitrogens is 1. The molecule has 1 aliphatic rings. The van der Waals surface area contributed by atoms with Crippen molar-refractivity contribution in [3.63, 3.8) is 0 Å². The van der Waals surface area contributed by atoms with Gasteiger partial charge in [0.05, 0.1) is 12.2 Å². The van der Waals surface area contributed by atoms with Gasteiger partial charge in [0.1, 0.15) is 0 Å². The summed E-state index contributed by atoms with van der Waals surface area (Å²) in [5.74, 6) is -0.601. The zero-order valence-corrected chi connectivity index (χ0v) is 20.5. The maximum absolute atomic E-state index is 12.6. The molecule has 178 valence electrons. The van der Waals surface area contributed by atoms with Gasteiger partial charge < -0.3 is 24.4 Å². The molecule has 7 heteroatoms. The first-order chi connectivity index (χ1) is 15.9. The summed E-state index contributed by atoms with van der Waals surface area (Å²) in [5, 5.41) is 2.91. The molecule has 0 atom stereocenters. The molecule has 0 saturated carbocycles. The molecule has 2 aromatic rings. The van der Waals surface area contributed by atoms with Gasteiger partial charge in [-0.25, -0.2) is 4.79 Å². The van der Waals surface area contributed by atoms with Crippen LogP contribution in [0.1, 0.15) is 48.1 Å². The van der Waals surface area contributed by atoms with Crippen molar-refractivity contribution in [3.8, 4) is 0 Å². The molecule has 2 heterocycles. The van der Waals surface area contributed by atoms with Gasteiger partial charge in [0.2, 0.25) is 5.91 Å². The van der Waals surface area contributed by atoms with Crippen LogP contribution < -0.4 is 10.2 Å². The predicted octanol–water partition coefficient (Wildman–Crippen LogP) is 4.10. The number of hydrogen-bond acceptors (Lipinski definition) is 5. The Morgan fingerprint density at radius 1 is 0.970 bits per heavy atom. The SMILES string of the molecule is CCOC(=O)c1c(/C=C/C(=O)Nc2ccc(N3CCN(CC)CC3)cc2)c(C)n(CC)c1C. The molecule has 1 fully saturated rings. The molecule has 7 nitrogen and oxygen atoms in total. The van der Waals surface area contributed by atoms with Gasteiger partial charge in [-0.2, -0.15) is 0 Å². The molecular weight excluding hydrogens is 416 g/mol. The number of nitrogens with one attached hydrogen (secondary N) is 1. The number of carbonyl (C=O) groups excluding carboxylic acids is 2. The maximum atomic E-state index is 12.6. The number of hydrogen-bond donors (Lipinski definition) is 1. The number of esters is 1. The Morgan fingerprint density at radius 3 is 2.21 bits per heavy atom. The average Bonchev–Trinajstić information content (AvgIpc) is 3.07. The van der Waals surface area contributed by atoms with Crippen molar-refractivity contribution in [3.05, 3.63) is 52.9 Å². The van der Waals surface area contributed by atoms with E-state index < -0.39 is 0 Å². The topological polar surface area (TPSA) is 66.8 Å². The second kappa shape index (κ2) is 11.2. The fourth-order valence-electron chi connectivity index (χ4n) is 4.47. The third kappa shape index (κ3) is 5.66. The molecule has 0 aliphatic carbocycles. The molecule has 1 aromatic heterocycles. The van der Waals surface area contributed by atoms with Crippen LogP contribution >= 0.6 is 0 Å². The second-order valence-corrected chi connectivity index (χ2v) is 8.21. The van der Waals surface area contributed by atoms with E-state index in [0.717, 1.165) is 61.9 Å². The lowest BCUT2D eigenvalue weighted by atomic mass is 10.1. The number of piperazine rings is 1. The third-order valence-electron chi connectivity index (χ3n) is 6.35. The Kier molecular flexibility index (Phi) is 8.33. The number of carbonyl (C=O) groups is 2. The van der Waals surface area contributed by atoms with E-state index in [1.165, 1.54) is 11.8 Å². The number of likely N-dealkylation sites (N-methyl/N-ethyl adjacent to an activating group) is 1. The fourth-order valence-corrected chi connectivity index (χ4v) is 4.47. The quantitative estimate of drug-likeness (QED) is 0.483. The van der Waals surface area contributed by atoms with E-state index in [9.17, 15) is 9.59 Å². The van der Waals surface area contributed by atoms with Gasteiger partial charge in [-0.15, -0.1) is 0 Å². The first-order valence-electron chi connectivity index (χ1n) is 11.8. The molecule has 0 spiro atoms. The van der Waals surface area contributed by atoms with Crippen LogP contribution in [-0.2, 0) is 16.1 Å². The normalized spacial score (nSPS) is 14.6. The van der Waals surface area contributed by atoms with Gasteiger partial charge in [-0.1, -0.05) is 6.92 Å². The minimum atomic E-state index is -0.360. The molecule has 0 unspecified atom stereocenters. The van der Waals surface area contributed by atoms with Crippen LogP contribution in [0.4, 0.5) is 11.4 Å². The van der Waals surface area contributed by atoms with Gasteiger partial charge >= 0.3 is 5.97 Å². The number of anilines is 2.